The van der Waals surface area contributed by atoms with Crippen molar-refractivity contribution in [2.45, 2.75) is 4.90 Å². The van der Waals surface area contributed by atoms with Crippen molar-refractivity contribution in [3.05, 3.63) is 24.3 Å². The molecule has 0 radical (unpaired) electrons. The molecule has 0 atom stereocenters. The topological polar surface area (TPSA) is 53.0 Å². The largest absolute Gasteiger partial charge is 0.344 e. The highest BCUT2D eigenvalue weighted by atomic mass is 32.2. The van der Waals surface area contributed by atoms with Crippen LogP contribution in [-0.2, 0) is 9.84 Å². The maximum atomic E-state index is 12.4. The Hall–Kier alpha value is -1.40. The number of piperazine rings is 1. The van der Waals surface area contributed by atoms with Gasteiger partial charge in [-0.05, 0) is 19.2 Å². The molecular formula is C12H15N3O2S. The fourth-order valence-electron chi connectivity index (χ4n) is 2.28. The Labute approximate surface area is 107 Å². The number of aliphatic imine (C=N–C) groups is 1. The van der Waals surface area contributed by atoms with Gasteiger partial charge in [-0.3, -0.25) is 0 Å². The molecule has 18 heavy (non-hydrogen) atoms. The van der Waals surface area contributed by atoms with E-state index >= 15 is 0 Å². The Morgan fingerprint density at radius 1 is 1.11 bits per heavy atom. The number of hydrogen-bond donors (Lipinski definition) is 0. The summed E-state index contributed by atoms with van der Waals surface area (Å²) in [7, 11) is -1.37. The monoisotopic (exact) mass is 265 g/mol. The molecule has 0 saturated carbocycles. The second kappa shape index (κ2) is 4.07. The van der Waals surface area contributed by atoms with Crippen molar-refractivity contribution < 1.29 is 8.42 Å². The van der Waals surface area contributed by atoms with Crippen molar-refractivity contribution in [2.24, 2.45) is 4.99 Å². The van der Waals surface area contributed by atoms with E-state index in [-0.39, 0.29) is 5.17 Å². The molecule has 2 aliphatic rings. The van der Waals surface area contributed by atoms with Crippen LogP contribution < -0.4 is 0 Å². The van der Waals surface area contributed by atoms with E-state index in [1.165, 1.54) is 0 Å². The third-order valence-corrected chi connectivity index (χ3v) is 5.14. The number of rotatable bonds is 0. The lowest BCUT2D eigenvalue weighted by molar-refractivity contribution is 0.217. The average Bonchev–Trinajstić information content (AvgIpc) is 2.63. The lowest BCUT2D eigenvalue weighted by Gasteiger charge is -2.33. The molecule has 1 aromatic rings. The molecule has 0 spiro atoms. The Balaban J connectivity index is 1.96. The van der Waals surface area contributed by atoms with Gasteiger partial charge in [0.05, 0.1) is 5.69 Å². The van der Waals surface area contributed by atoms with Gasteiger partial charge in [-0.1, -0.05) is 12.1 Å². The number of likely N-dealkylation sites (N-methyl/N-ethyl adjacent to an activating group) is 1. The molecule has 2 heterocycles. The number of para-hydroxylation sites is 1. The van der Waals surface area contributed by atoms with Gasteiger partial charge < -0.3 is 9.80 Å². The number of benzene rings is 1. The highest BCUT2D eigenvalue weighted by Crippen LogP contribution is 2.33. The summed E-state index contributed by atoms with van der Waals surface area (Å²) in [5, 5.41) is 0.219. The van der Waals surface area contributed by atoms with Crippen molar-refractivity contribution in [1.29, 1.82) is 0 Å². The van der Waals surface area contributed by atoms with Crippen LogP contribution in [0.4, 0.5) is 5.69 Å². The standard InChI is InChI=1S/C12H15N3O2S/c1-14-6-8-15(9-7-14)12-13-10-4-2-3-5-11(10)18(12,16)17/h2-5H,6-9H2,1H3. The van der Waals surface area contributed by atoms with Gasteiger partial charge in [-0.2, -0.15) is 0 Å². The number of sulfone groups is 1. The first-order valence-corrected chi connectivity index (χ1v) is 7.44. The summed E-state index contributed by atoms with van der Waals surface area (Å²) in [6, 6.07) is 6.91. The van der Waals surface area contributed by atoms with E-state index in [0.29, 0.717) is 23.7 Å². The van der Waals surface area contributed by atoms with E-state index in [1.807, 2.05) is 18.0 Å². The summed E-state index contributed by atoms with van der Waals surface area (Å²) in [4.78, 5) is 8.68. The van der Waals surface area contributed by atoms with Crippen LogP contribution in [0.5, 0.6) is 0 Å². The van der Waals surface area contributed by atoms with E-state index in [2.05, 4.69) is 9.89 Å². The summed E-state index contributed by atoms with van der Waals surface area (Å²) in [5.41, 5.74) is 0.562. The number of amidine groups is 1. The van der Waals surface area contributed by atoms with Gasteiger partial charge in [0.25, 0.3) is 0 Å². The second-order valence-electron chi connectivity index (χ2n) is 4.66. The minimum Gasteiger partial charge on any atom is -0.344 e. The third-order valence-electron chi connectivity index (χ3n) is 3.39. The SMILES string of the molecule is CN1CCN(C2=Nc3ccccc3S2(=O)=O)CC1. The van der Waals surface area contributed by atoms with Crippen molar-refractivity contribution in [3.8, 4) is 0 Å². The van der Waals surface area contributed by atoms with Crippen LogP contribution in [0.25, 0.3) is 0 Å². The van der Waals surface area contributed by atoms with Gasteiger partial charge >= 0.3 is 0 Å². The minimum absolute atomic E-state index is 0.219. The summed E-state index contributed by atoms with van der Waals surface area (Å²) in [6.45, 7) is 3.15. The Morgan fingerprint density at radius 3 is 2.44 bits per heavy atom. The van der Waals surface area contributed by atoms with E-state index in [0.717, 1.165) is 13.1 Å². The van der Waals surface area contributed by atoms with Gasteiger partial charge in [-0.25, -0.2) is 13.4 Å². The van der Waals surface area contributed by atoms with Crippen LogP contribution in [0.1, 0.15) is 0 Å². The predicted molar refractivity (Wildman–Crippen MR) is 69.8 cm³/mol. The third kappa shape index (κ3) is 1.72. The fourth-order valence-corrected chi connectivity index (χ4v) is 3.86. The summed E-state index contributed by atoms with van der Waals surface area (Å²) >= 11 is 0. The van der Waals surface area contributed by atoms with Gasteiger partial charge in [-0.15, -0.1) is 0 Å². The molecule has 0 amide bonds. The maximum Gasteiger partial charge on any atom is 0.241 e. The normalized spacial score (nSPS) is 22.7. The number of nitrogens with zero attached hydrogens (tertiary/aromatic N) is 3. The van der Waals surface area contributed by atoms with E-state index in [9.17, 15) is 8.42 Å². The van der Waals surface area contributed by atoms with Crippen LogP contribution in [0.15, 0.2) is 34.2 Å². The predicted octanol–water partition coefficient (Wildman–Crippen LogP) is 0.709. The molecule has 0 N–H and O–H groups in total. The van der Waals surface area contributed by atoms with Gasteiger partial charge in [0.1, 0.15) is 4.90 Å². The molecule has 1 fully saturated rings. The molecule has 3 rings (SSSR count). The van der Waals surface area contributed by atoms with Crippen LogP contribution in [0, 0.1) is 0 Å². The molecule has 5 nitrogen and oxygen atoms in total. The smallest absolute Gasteiger partial charge is 0.241 e. The lowest BCUT2D eigenvalue weighted by Crippen LogP contribution is -2.48. The van der Waals surface area contributed by atoms with Crippen molar-refractivity contribution in [1.82, 2.24) is 9.80 Å². The maximum absolute atomic E-state index is 12.4. The first-order valence-electron chi connectivity index (χ1n) is 5.95. The Kier molecular flexibility index (Phi) is 2.64. The molecule has 1 aromatic carbocycles. The van der Waals surface area contributed by atoms with Crippen molar-refractivity contribution in [3.63, 3.8) is 0 Å². The second-order valence-corrected chi connectivity index (χ2v) is 6.47. The first-order chi connectivity index (χ1) is 8.59. The van der Waals surface area contributed by atoms with Crippen molar-refractivity contribution in [2.75, 3.05) is 33.2 Å². The van der Waals surface area contributed by atoms with Crippen LogP contribution in [-0.4, -0.2) is 56.6 Å². The van der Waals surface area contributed by atoms with Crippen LogP contribution >= 0.6 is 0 Å². The van der Waals surface area contributed by atoms with Gasteiger partial charge in [0.15, 0.2) is 0 Å². The molecule has 0 aromatic heterocycles. The van der Waals surface area contributed by atoms with Gasteiger partial charge in [0.2, 0.25) is 15.0 Å². The minimum atomic E-state index is -3.41. The average molecular weight is 265 g/mol. The zero-order valence-electron chi connectivity index (χ0n) is 10.2. The highest BCUT2D eigenvalue weighted by molar-refractivity contribution is 8.06. The van der Waals surface area contributed by atoms with E-state index in [1.54, 1.807) is 18.2 Å². The zero-order valence-corrected chi connectivity index (χ0v) is 11.0. The van der Waals surface area contributed by atoms with Crippen molar-refractivity contribution >= 4 is 20.7 Å². The summed E-state index contributed by atoms with van der Waals surface area (Å²) in [6.07, 6.45) is 0. The van der Waals surface area contributed by atoms with Crippen LogP contribution in [0.2, 0.25) is 0 Å². The Bertz CT molecular complexity index is 602. The highest BCUT2D eigenvalue weighted by Gasteiger charge is 2.36. The zero-order chi connectivity index (χ0) is 12.8. The molecule has 2 aliphatic heterocycles. The molecule has 0 aliphatic carbocycles. The quantitative estimate of drug-likeness (QED) is 0.693. The summed E-state index contributed by atoms with van der Waals surface area (Å²) in [5.74, 6) is 0. The van der Waals surface area contributed by atoms with E-state index in [4.69, 9.17) is 0 Å². The molecule has 1 saturated heterocycles. The molecule has 0 bridgehead atoms. The number of fused-ring (bicyclic) bond motifs is 1. The molecule has 6 heteroatoms. The Morgan fingerprint density at radius 2 is 1.78 bits per heavy atom. The van der Waals surface area contributed by atoms with Gasteiger partial charge in [0, 0.05) is 26.2 Å². The summed E-state index contributed by atoms with van der Waals surface area (Å²) < 4.78 is 24.8. The lowest BCUT2D eigenvalue weighted by atomic mass is 10.3. The fraction of sp³-hybridized carbons (Fsp3) is 0.417. The molecule has 96 valence electrons. The molecular weight excluding hydrogens is 250 g/mol. The van der Waals surface area contributed by atoms with E-state index < -0.39 is 9.84 Å². The molecule has 0 unspecified atom stereocenters. The number of hydrogen-bond acceptors (Lipinski definition) is 5. The van der Waals surface area contributed by atoms with Crippen LogP contribution in [0.3, 0.4) is 0 Å². The first kappa shape index (κ1) is 11.7.